The summed E-state index contributed by atoms with van der Waals surface area (Å²) < 4.78 is 0. The van der Waals surface area contributed by atoms with Gasteiger partial charge in [0.25, 0.3) is 0 Å². The molecule has 0 unspecified atom stereocenters. The van der Waals surface area contributed by atoms with Crippen LogP contribution in [0.25, 0.3) is 0 Å². The molecule has 1 rings (SSSR count). The van der Waals surface area contributed by atoms with Gasteiger partial charge in [-0.15, -0.1) is 12.4 Å². The number of carbonyl (C=O) groups is 1. The average Bonchev–Trinajstić information content (AvgIpc) is 1.81. The van der Waals surface area contributed by atoms with Crippen molar-refractivity contribution in [2.24, 2.45) is 0 Å². The highest BCUT2D eigenvalue weighted by Crippen LogP contribution is 2.11. The molecule has 64 valence electrons. The first-order chi connectivity index (χ1) is 4.52. The van der Waals surface area contributed by atoms with Gasteiger partial charge in [0.15, 0.2) is 5.78 Å². The Balaban J connectivity index is 0.000001000. The summed E-state index contributed by atoms with van der Waals surface area (Å²) in [6.07, 6.45) is 1.72. The second-order valence-electron chi connectivity index (χ2n) is 3.33. The van der Waals surface area contributed by atoms with E-state index in [1.807, 2.05) is 20.8 Å². The van der Waals surface area contributed by atoms with Crippen molar-refractivity contribution in [1.29, 1.82) is 0 Å². The van der Waals surface area contributed by atoms with Gasteiger partial charge < -0.3 is 5.32 Å². The molecule has 1 heterocycles. The number of nitrogens with one attached hydrogen (secondary N) is 1. The third kappa shape index (κ3) is 2.31. The lowest BCUT2D eigenvalue weighted by Crippen LogP contribution is -2.49. The monoisotopic (exact) mass is 175 g/mol. The van der Waals surface area contributed by atoms with Crippen LogP contribution in [-0.4, -0.2) is 17.9 Å². The molecule has 1 aliphatic heterocycles. The molecule has 0 amide bonds. The van der Waals surface area contributed by atoms with Crippen LogP contribution < -0.4 is 5.32 Å². The molecule has 1 aliphatic rings. The van der Waals surface area contributed by atoms with Gasteiger partial charge in [-0.05, 0) is 26.8 Å². The zero-order valence-electron chi connectivity index (χ0n) is 7.10. The Bertz CT molecular complexity index is 196. The maximum absolute atomic E-state index is 11.2. The van der Waals surface area contributed by atoms with Gasteiger partial charge >= 0.3 is 0 Å². The predicted molar refractivity (Wildman–Crippen MR) is 48.1 cm³/mol. The molecule has 0 aromatic heterocycles. The average molecular weight is 176 g/mol. The summed E-state index contributed by atoms with van der Waals surface area (Å²) in [5.41, 5.74) is 0.767. The first-order valence-electron chi connectivity index (χ1n) is 3.49. The highest BCUT2D eigenvalue weighted by atomic mass is 35.5. The van der Waals surface area contributed by atoms with Gasteiger partial charge in [-0.1, -0.05) is 5.57 Å². The normalized spacial score (nSPS) is 22.1. The zero-order chi connectivity index (χ0) is 7.78. The van der Waals surface area contributed by atoms with Crippen molar-refractivity contribution in [2.75, 3.05) is 6.54 Å². The van der Waals surface area contributed by atoms with E-state index < -0.39 is 0 Å². The molecule has 3 heteroatoms. The first-order valence-corrected chi connectivity index (χ1v) is 3.49. The smallest absolute Gasteiger partial charge is 0.175 e. The second kappa shape index (κ2) is 3.37. The number of halogens is 1. The van der Waals surface area contributed by atoms with Gasteiger partial charge in [0, 0.05) is 6.54 Å². The van der Waals surface area contributed by atoms with E-state index in [1.165, 1.54) is 0 Å². The third-order valence-electron chi connectivity index (χ3n) is 1.80. The summed E-state index contributed by atoms with van der Waals surface area (Å²) in [7, 11) is 0. The molecule has 0 aliphatic carbocycles. The Labute approximate surface area is 73.5 Å². The van der Waals surface area contributed by atoms with Crippen molar-refractivity contribution >= 4 is 18.2 Å². The molecule has 0 aromatic carbocycles. The quantitative estimate of drug-likeness (QED) is 0.602. The maximum Gasteiger partial charge on any atom is 0.175 e. The van der Waals surface area contributed by atoms with Crippen LogP contribution in [0.2, 0.25) is 0 Å². The van der Waals surface area contributed by atoms with E-state index in [9.17, 15) is 4.79 Å². The number of carbonyl (C=O) groups excluding carboxylic acids is 1. The molecule has 0 saturated heterocycles. The lowest BCUT2D eigenvalue weighted by atomic mass is 9.93. The summed E-state index contributed by atoms with van der Waals surface area (Å²) in [4.78, 5) is 11.2. The minimum Gasteiger partial charge on any atom is -0.301 e. The fourth-order valence-corrected chi connectivity index (χ4v) is 0.903. The third-order valence-corrected chi connectivity index (χ3v) is 1.80. The van der Waals surface area contributed by atoms with Gasteiger partial charge in [0.2, 0.25) is 0 Å². The highest BCUT2D eigenvalue weighted by Gasteiger charge is 2.27. The van der Waals surface area contributed by atoms with Gasteiger partial charge in [0.1, 0.15) is 0 Å². The second-order valence-corrected chi connectivity index (χ2v) is 3.33. The van der Waals surface area contributed by atoms with Crippen LogP contribution in [-0.2, 0) is 4.79 Å². The van der Waals surface area contributed by atoms with E-state index in [1.54, 1.807) is 6.08 Å². The van der Waals surface area contributed by atoms with Crippen molar-refractivity contribution < 1.29 is 4.79 Å². The minimum atomic E-state index is -0.348. The molecule has 0 aromatic rings. The summed E-state index contributed by atoms with van der Waals surface area (Å²) in [6.45, 7) is 6.59. The number of hydrogen-bond acceptors (Lipinski definition) is 2. The lowest BCUT2D eigenvalue weighted by Gasteiger charge is -2.27. The van der Waals surface area contributed by atoms with Crippen molar-refractivity contribution in [3.8, 4) is 0 Å². The predicted octanol–water partition coefficient (Wildman–Crippen LogP) is 1.31. The van der Waals surface area contributed by atoms with Crippen LogP contribution >= 0.6 is 12.4 Å². The largest absolute Gasteiger partial charge is 0.301 e. The molecular weight excluding hydrogens is 162 g/mol. The fraction of sp³-hybridized carbons (Fsp3) is 0.625. The Morgan fingerprint density at radius 2 is 2.09 bits per heavy atom. The zero-order valence-corrected chi connectivity index (χ0v) is 7.92. The van der Waals surface area contributed by atoms with Crippen LogP contribution in [0.1, 0.15) is 20.8 Å². The van der Waals surface area contributed by atoms with Crippen LogP contribution in [0.5, 0.6) is 0 Å². The van der Waals surface area contributed by atoms with Gasteiger partial charge in [0.05, 0.1) is 5.54 Å². The van der Waals surface area contributed by atoms with Crippen molar-refractivity contribution in [1.82, 2.24) is 5.32 Å². The summed E-state index contributed by atoms with van der Waals surface area (Å²) in [6, 6.07) is 0. The topological polar surface area (TPSA) is 29.1 Å². The summed E-state index contributed by atoms with van der Waals surface area (Å²) in [5, 5.41) is 3.14. The highest BCUT2D eigenvalue weighted by molar-refractivity contribution is 5.98. The summed E-state index contributed by atoms with van der Waals surface area (Å²) in [5.74, 6) is 0.177. The minimum absolute atomic E-state index is 0. The molecule has 0 saturated carbocycles. The van der Waals surface area contributed by atoms with Gasteiger partial charge in [-0.3, -0.25) is 4.79 Å². The molecule has 11 heavy (non-hydrogen) atoms. The van der Waals surface area contributed by atoms with Crippen LogP contribution in [0.3, 0.4) is 0 Å². The van der Waals surface area contributed by atoms with Crippen molar-refractivity contribution in [2.45, 2.75) is 26.3 Å². The Morgan fingerprint density at radius 3 is 2.45 bits per heavy atom. The van der Waals surface area contributed by atoms with E-state index in [0.717, 1.165) is 12.1 Å². The number of ketones is 1. The van der Waals surface area contributed by atoms with E-state index in [2.05, 4.69) is 5.32 Å². The molecular formula is C8H14ClNO. The van der Waals surface area contributed by atoms with Gasteiger partial charge in [-0.2, -0.15) is 0 Å². The molecule has 1 N–H and O–H groups in total. The molecule has 0 fully saturated rings. The maximum atomic E-state index is 11.2. The number of hydrogen-bond donors (Lipinski definition) is 1. The molecule has 0 spiro atoms. The Morgan fingerprint density at radius 1 is 1.55 bits per heavy atom. The Hall–Kier alpha value is -0.340. The van der Waals surface area contributed by atoms with E-state index in [4.69, 9.17) is 0 Å². The summed E-state index contributed by atoms with van der Waals surface area (Å²) >= 11 is 0. The van der Waals surface area contributed by atoms with Crippen LogP contribution in [0.4, 0.5) is 0 Å². The first kappa shape index (κ1) is 10.7. The van der Waals surface area contributed by atoms with Crippen molar-refractivity contribution in [3.63, 3.8) is 0 Å². The molecule has 0 radical (unpaired) electrons. The van der Waals surface area contributed by atoms with E-state index in [0.29, 0.717) is 0 Å². The Kier molecular flexibility index (Phi) is 3.27. The SMILES string of the molecule is CC1=CC(=O)C(C)(C)NC1.Cl. The number of rotatable bonds is 0. The van der Waals surface area contributed by atoms with E-state index >= 15 is 0 Å². The molecule has 0 atom stereocenters. The fourth-order valence-electron chi connectivity index (χ4n) is 0.903. The molecule has 2 nitrogen and oxygen atoms in total. The lowest BCUT2D eigenvalue weighted by molar-refractivity contribution is -0.119. The van der Waals surface area contributed by atoms with Crippen LogP contribution in [0, 0.1) is 0 Å². The van der Waals surface area contributed by atoms with Crippen molar-refractivity contribution in [3.05, 3.63) is 11.6 Å². The van der Waals surface area contributed by atoms with Gasteiger partial charge in [-0.25, -0.2) is 0 Å². The molecule has 0 bridgehead atoms. The standard InChI is InChI=1S/C8H13NO.ClH/c1-6-4-7(10)8(2,3)9-5-6;/h4,9H,5H2,1-3H3;1H. The van der Waals surface area contributed by atoms with Crippen LogP contribution in [0.15, 0.2) is 11.6 Å². The van der Waals surface area contributed by atoms with E-state index in [-0.39, 0.29) is 23.7 Å².